The van der Waals surface area contributed by atoms with Gasteiger partial charge in [0.15, 0.2) is 0 Å². The van der Waals surface area contributed by atoms with Crippen molar-refractivity contribution in [1.82, 2.24) is 4.98 Å². The Morgan fingerprint density at radius 3 is 2.67 bits per heavy atom. The number of aliphatic imine (C=N–C) groups is 1. The van der Waals surface area contributed by atoms with Crippen LogP contribution < -0.4 is 0 Å². The molecule has 1 aromatic rings. The third kappa shape index (κ3) is 2.08. The van der Waals surface area contributed by atoms with Crippen molar-refractivity contribution in [3.05, 3.63) is 29.6 Å². The average Bonchev–Trinajstić information content (AvgIpc) is 2.69. The first-order valence-corrected chi connectivity index (χ1v) is 4.29. The van der Waals surface area contributed by atoms with Gasteiger partial charge in [0, 0.05) is 0 Å². The van der Waals surface area contributed by atoms with Gasteiger partial charge in [-0.2, -0.15) is 13.2 Å². The zero-order chi connectivity index (χ0) is 10.9. The van der Waals surface area contributed by atoms with Crippen molar-refractivity contribution in [2.24, 2.45) is 4.99 Å². The van der Waals surface area contributed by atoms with Gasteiger partial charge in [-0.3, -0.25) is 0 Å². The van der Waals surface area contributed by atoms with Crippen molar-refractivity contribution in [3.63, 3.8) is 0 Å². The summed E-state index contributed by atoms with van der Waals surface area (Å²) in [6.45, 7) is 0.862. The number of halogens is 3. The predicted molar refractivity (Wildman–Crippen MR) is 46.6 cm³/mol. The average molecular weight is 216 g/mol. The van der Waals surface area contributed by atoms with Crippen molar-refractivity contribution in [2.75, 3.05) is 13.2 Å². The van der Waals surface area contributed by atoms with Crippen LogP contribution >= 0.6 is 0 Å². The second-order valence-corrected chi connectivity index (χ2v) is 2.94. The van der Waals surface area contributed by atoms with Crippen molar-refractivity contribution in [2.45, 2.75) is 6.18 Å². The summed E-state index contributed by atoms with van der Waals surface area (Å²) in [4.78, 5) is 7.34. The van der Waals surface area contributed by atoms with Crippen LogP contribution in [0.1, 0.15) is 11.4 Å². The molecule has 0 radical (unpaired) electrons. The second-order valence-electron chi connectivity index (χ2n) is 2.94. The minimum atomic E-state index is -4.44. The van der Waals surface area contributed by atoms with Crippen LogP contribution in [0.15, 0.2) is 23.2 Å². The highest BCUT2D eigenvalue weighted by molar-refractivity contribution is 5.93. The SMILES string of the molecule is FC(F)(F)c1cccc(C2=NCCO2)n1. The molecule has 0 saturated carbocycles. The Morgan fingerprint density at radius 1 is 1.27 bits per heavy atom. The zero-order valence-electron chi connectivity index (χ0n) is 7.58. The monoisotopic (exact) mass is 216 g/mol. The third-order valence-electron chi connectivity index (χ3n) is 1.84. The molecule has 1 aliphatic heterocycles. The van der Waals surface area contributed by atoms with Gasteiger partial charge in [-0.05, 0) is 12.1 Å². The quantitative estimate of drug-likeness (QED) is 0.718. The fraction of sp³-hybridized carbons (Fsp3) is 0.333. The number of alkyl halides is 3. The molecule has 0 saturated heterocycles. The summed E-state index contributed by atoms with van der Waals surface area (Å²) in [5.41, 5.74) is -0.805. The second kappa shape index (κ2) is 3.52. The maximum Gasteiger partial charge on any atom is 0.433 e. The summed E-state index contributed by atoms with van der Waals surface area (Å²) in [7, 11) is 0. The summed E-state index contributed by atoms with van der Waals surface area (Å²) in [5.74, 6) is 0.182. The molecule has 0 spiro atoms. The molecular formula is C9H7F3N2O. The molecule has 0 N–H and O–H groups in total. The number of pyridine rings is 1. The van der Waals surface area contributed by atoms with E-state index in [-0.39, 0.29) is 11.6 Å². The van der Waals surface area contributed by atoms with Gasteiger partial charge in [0.25, 0.3) is 0 Å². The Kier molecular flexibility index (Phi) is 2.34. The van der Waals surface area contributed by atoms with Crippen LogP contribution in [0.3, 0.4) is 0 Å². The molecule has 1 aliphatic rings. The van der Waals surface area contributed by atoms with Crippen LogP contribution in [-0.4, -0.2) is 24.0 Å². The van der Waals surface area contributed by atoms with E-state index < -0.39 is 11.9 Å². The van der Waals surface area contributed by atoms with E-state index >= 15 is 0 Å². The van der Waals surface area contributed by atoms with E-state index in [9.17, 15) is 13.2 Å². The highest BCUT2D eigenvalue weighted by Gasteiger charge is 2.33. The van der Waals surface area contributed by atoms with Crippen LogP contribution in [0, 0.1) is 0 Å². The Morgan fingerprint density at radius 2 is 2.07 bits per heavy atom. The predicted octanol–water partition coefficient (Wildman–Crippen LogP) is 1.88. The summed E-state index contributed by atoms with van der Waals surface area (Å²) < 4.78 is 42.0. The van der Waals surface area contributed by atoms with Gasteiger partial charge in [0.1, 0.15) is 18.0 Å². The Bertz CT molecular complexity index is 401. The molecule has 3 nitrogen and oxygen atoms in total. The molecule has 80 valence electrons. The van der Waals surface area contributed by atoms with E-state index in [1.165, 1.54) is 12.1 Å². The lowest BCUT2D eigenvalue weighted by Gasteiger charge is -2.07. The molecule has 0 unspecified atom stereocenters. The van der Waals surface area contributed by atoms with Crippen LogP contribution in [0.5, 0.6) is 0 Å². The number of hydrogen-bond donors (Lipinski definition) is 0. The van der Waals surface area contributed by atoms with Crippen LogP contribution in [0.4, 0.5) is 13.2 Å². The van der Waals surface area contributed by atoms with Crippen molar-refractivity contribution >= 4 is 5.90 Å². The molecule has 6 heteroatoms. The van der Waals surface area contributed by atoms with Crippen LogP contribution in [0.2, 0.25) is 0 Å². The largest absolute Gasteiger partial charge is 0.474 e. The standard InChI is InChI=1S/C9H7F3N2O/c10-9(11,12)7-3-1-2-6(14-7)8-13-4-5-15-8/h1-3H,4-5H2. The van der Waals surface area contributed by atoms with Crippen molar-refractivity contribution in [1.29, 1.82) is 0 Å². The van der Waals surface area contributed by atoms with Crippen molar-refractivity contribution in [3.8, 4) is 0 Å². The van der Waals surface area contributed by atoms with Crippen molar-refractivity contribution < 1.29 is 17.9 Å². The molecule has 2 rings (SSSR count). The summed E-state index contributed by atoms with van der Waals surface area (Å²) in [6.07, 6.45) is -4.44. The first kappa shape index (κ1) is 9.95. The lowest BCUT2D eigenvalue weighted by atomic mass is 10.3. The number of rotatable bonds is 1. The van der Waals surface area contributed by atoms with Crippen LogP contribution in [-0.2, 0) is 10.9 Å². The minimum Gasteiger partial charge on any atom is -0.474 e. The first-order valence-electron chi connectivity index (χ1n) is 4.29. The number of nitrogens with zero attached hydrogens (tertiary/aromatic N) is 2. The fourth-order valence-corrected chi connectivity index (χ4v) is 1.20. The lowest BCUT2D eigenvalue weighted by molar-refractivity contribution is -0.141. The molecule has 2 heterocycles. The topological polar surface area (TPSA) is 34.5 Å². The van der Waals surface area contributed by atoms with Gasteiger partial charge in [0.05, 0.1) is 6.54 Å². The smallest absolute Gasteiger partial charge is 0.433 e. The van der Waals surface area contributed by atoms with Gasteiger partial charge in [-0.1, -0.05) is 6.07 Å². The molecule has 0 amide bonds. The zero-order valence-corrected chi connectivity index (χ0v) is 7.58. The molecule has 0 bridgehead atoms. The highest BCUT2D eigenvalue weighted by Crippen LogP contribution is 2.27. The summed E-state index contributed by atoms with van der Waals surface area (Å²) in [6, 6.07) is 3.65. The van der Waals surface area contributed by atoms with E-state index in [0.29, 0.717) is 13.2 Å². The van der Waals surface area contributed by atoms with Crippen LogP contribution in [0.25, 0.3) is 0 Å². The van der Waals surface area contributed by atoms with E-state index in [2.05, 4.69) is 9.98 Å². The Labute approximate surface area is 83.6 Å². The van der Waals surface area contributed by atoms with Gasteiger partial charge < -0.3 is 4.74 Å². The van der Waals surface area contributed by atoms with E-state index in [1.807, 2.05) is 0 Å². The van der Waals surface area contributed by atoms with Gasteiger partial charge >= 0.3 is 6.18 Å². The maximum absolute atomic E-state index is 12.3. The molecular weight excluding hydrogens is 209 g/mol. The van der Waals surface area contributed by atoms with Gasteiger partial charge in [0.2, 0.25) is 5.90 Å². The first-order chi connectivity index (χ1) is 7.07. The minimum absolute atomic E-state index is 0.127. The lowest BCUT2D eigenvalue weighted by Crippen LogP contribution is -2.12. The molecule has 0 atom stereocenters. The highest BCUT2D eigenvalue weighted by atomic mass is 19.4. The van der Waals surface area contributed by atoms with Gasteiger partial charge in [-0.25, -0.2) is 9.98 Å². The third-order valence-corrected chi connectivity index (χ3v) is 1.84. The van der Waals surface area contributed by atoms with E-state index in [1.54, 1.807) is 0 Å². The molecule has 0 fully saturated rings. The Balaban J connectivity index is 2.34. The summed E-state index contributed by atoms with van der Waals surface area (Å²) in [5, 5.41) is 0. The number of ether oxygens (including phenoxy) is 1. The van der Waals surface area contributed by atoms with E-state index in [4.69, 9.17) is 4.74 Å². The summed E-state index contributed by atoms with van der Waals surface area (Å²) >= 11 is 0. The number of hydrogen-bond acceptors (Lipinski definition) is 3. The molecule has 0 aliphatic carbocycles. The normalized spacial score (nSPS) is 16.1. The number of aromatic nitrogens is 1. The van der Waals surface area contributed by atoms with E-state index in [0.717, 1.165) is 6.07 Å². The Hall–Kier alpha value is -1.59. The molecule has 0 aromatic carbocycles. The maximum atomic E-state index is 12.3. The fourth-order valence-electron chi connectivity index (χ4n) is 1.20. The molecule has 15 heavy (non-hydrogen) atoms. The van der Waals surface area contributed by atoms with Gasteiger partial charge in [-0.15, -0.1) is 0 Å². The molecule has 1 aromatic heterocycles.